The van der Waals surface area contributed by atoms with Crippen molar-refractivity contribution in [1.82, 2.24) is 15.2 Å². The molecular formula is C14H9ClFN3. The molecule has 0 aliphatic carbocycles. The van der Waals surface area contributed by atoms with Gasteiger partial charge in [0, 0.05) is 5.56 Å². The maximum Gasteiger partial charge on any atom is 0.181 e. The molecule has 1 heterocycles. The molecule has 2 aromatic carbocycles. The fourth-order valence-corrected chi connectivity index (χ4v) is 1.96. The zero-order valence-electron chi connectivity index (χ0n) is 9.77. The zero-order chi connectivity index (χ0) is 13.2. The van der Waals surface area contributed by atoms with Gasteiger partial charge in [-0.15, -0.1) is 0 Å². The van der Waals surface area contributed by atoms with Crippen molar-refractivity contribution in [3.8, 4) is 22.8 Å². The highest BCUT2D eigenvalue weighted by Crippen LogP contribution is 2.26. The number of H-pyrrole nitrogens is 1. The van der Waals surface area contributed by atoms with Gasteiger partial charge in [-0.3, -0.25) is 5.10 Å². The molecule has 94 valence electrons. The molecule has 19 heavy (non-hydrogen) atoms. The number of aromatic nitrogens is 3. The Hall–Kier alpha value is -2.20. The van der Waals surface area contributed by atoms with Crippen LogP contribution in [0.2, 0.25) is 5.02 Å². The van der Waals surface area contributed by atoms with Crippen molar-refractivity contribution in [3.05, 3.63) is 59.4 Å². The Morgan fingerprint density at radius 3 is 2.58 bits per heavy atom. The molecule has 3 rings (SSSR count). The second kappa shape index (κ2) is 4.82. The molecule has 0 aliphatic rings. The summed E-state index contributed by atoms with van der Waals surface area (Å²) in [5.74, 6) is 0.383. The summed E-state index contributed by atoms with van der Waals surface area (Å²) in [5, 5.41) is 6.88. The minimum atomic E-state index is -0.500. The van der Waals surface area contributed by atoms with Crippen molar-refractivity contribution in [2.45, 2.75) is 0 Å². The van der Waals surface area contributed by atoms with Crippen LogP contribution >= 0.6 is 11.6 Å². The average Bonchev–Trinajstić information content (AvgIpc) is 2.92. The molecule has 0 radical (unpaired) electrons. The van der Waals surface area contributed by atoms with Crippen LogP contribution in [0, 0.1) is 5.82 Å². The van der Waals surface area contributed by atoms with Crippen LogP contribution in [0.3, 0.4) is 0 Å². The van der Waals surface area contributed by atoms with Gasteiger partial charge in [0.15, 0.2) is 17.5 Å². The molecule has 0 spiro atoms. The summed E-state index contributed by atoms with van der Waals surface area (Å²) < 4.78 is 13.9. The van der Waals surface area contributed by atoms with Crippen molar-refractivity contribution >= 4 is 11.6 Å². The van der Waals surface area contributed by atoms with Crippen molar-refractivity contribution in [2.24, 2.45) is 0 Å². The van der Waals surface area contributed by atoms with E-state index in [9.17, 15) is 4.39 Å². The largest absolute Gasteiger partial charge is 0.259 e. The second-order valence-corrected chi connectivity index (χ2v) is 4.38. The Morgan fingerprint density at radius 2 is 1.79 bits per heavy atom. The average molecular weight is 274 g/mol. The van der Waals surface area contributed by atoms with Crippen LogP contribution in [0.15, 0.2) is 48.5 Å². The monoisotopic (exact) mass is 273 g/mol. The van der Waals surface area contributed by atoms with Crippen LogP contribution < -0.4 is 0 Å². The van der Waals surface area contributed by atoms with Crippen molar-refractivity contribution in [1.29, 1.82) is 0 Å². The molecule has 0 aliphatic heterocycles. The van der Waals surface area contributed by atoms with E-state index >= 15 is 0 Å². The third-order valence-corrected chi connectivity index (χ3v) is 3.02. The number of nitrogens with one attached hydrogen (secondary N) is 1. The van der Waals surface area contributed by atoms with Crippen LogP contribution in [0.5, 0.6) is 0 Å². The lowest BCUT2D eigenvalue weighted by Crippen LogP contribution is -1.87. The fraction of sp³-hybridized carbons (Fsp3) is 0. The first kappa shape index (κ1) is 11.9. The molecule has 0 fully saturated rings. The number of rotatable bonds is 2. The number of nitrogens with zero attached hydrogens (tertiary/aromatic N) is 2. The summed E-state index contributed by atoms with van der Waals surface area (Å²) in [6.07, 6.45) is 0. The van der Waals surface area contributed by atoms with Gasteiger partial charge >= 0.3 is 0 Å². The molecule has 5 heteroatoms. The lowest BCUT2D eigenvalue weighted by atomic mass is 10.2. The highest BCUT2D eigenvalue weighted by Gasteiger charge is 2.13. The molecule has 0 saturated carbocycles. The Morgan fingerprint density at radius 1 is 1.00 bits per heavy atom. The van der Waals surface area contributed by atoms with Crippen LogP contribution in [0.1, 0.15) is 0 Å². The highest BCUT2D eigenvalue weighted by atomic mass is 35.5. The quantitative estimate of drug-likeness (QED) is 0.768. The van der Waals surface area contributed by atoms with Crippen molar-refractivity contribution < 1.29 is 4.39 Å². The molecule has 3 nitrogen and oxygen atoms in total. The zero-order valence-corrected chi connectivity index (χ0v) is 10.5. The minimum absolute atomic E-state index is 0.0650. The molecular weight excluding hydrogens is 265 g/mol. The first-order chi connectivity index (χ1) is 9.25. The first-order valence-electron chi connectivity index (χ1n) is 5.68. The van der Waals surface area contributed by atoms with Crippen LogP contribution in [0.25, 0.3) is 22.8 Å². The van der Waals surface area contributed by atoms with E-state index in [-0.39, 0.29) is 5.02 Å². The minimum Gasteiger partial charge on any atom is -0.259 e. The standard InChI is InChI=1S/C14H9ClFN3/c15-11-8-4-7-10(12(11)16)14-17-13(18-19-14)9-5-2-1-3-6-9/h1-8H,(H,17,18,19). The van der Waals surface area contributed by atoms with E-state index in [2.05, 4.69) is 15.2 Å². The maximum atomic E-state index is 13.9. The van der Waals surface area contributed by atoms with Gasteiger partial charge in [0.05, 0.1) is 10.6 Å². The summed E-state index contributed by atoms with van der Waals surface area (Å²) in [5.41, 5.74) is 1.18. The summed E-state index contributed by atoms with van der Waals surface area (Å²) in [4.78, 5) is 4.29. The van der Waals surface area contributed by atoms with E-state index in [0.29, 0.717) is 17.2 Å². The van der Waals surface area contributed by atoms with Crippen LogP contribution in [-0.4, -0.2) is 15.2 Å². The molecule has 0 amide bonds. The van der Waals surface area contributed by atoms with Crippen molar-refractivity contribution in [2.75, 3.05) is 0 Å². The molecule has 3 aromatic rings. The van der Waals surface area contributed by atoms with E-state index < -0.39 is 5.82 Å². The smallest absolute Gasteiger partial charge is 0.181 e. The van der Waals surface area contributed by atoms with E-state index in [0.717, 1.165) is 5.56 Å². The third-order valence-electron chi connectivity index (χ3n) is 2.72. The maximum absolute atomic E-state index is 13.9. The second-order valence-electron chi connectivity index (χ2n) is 3.98. The Bertz CT molecular complexity index is 710. The summed E-state index contributed by atoms with van der Waals surface area (Å²) in [6.45, 7) is 0. The summed E-state index contributed by atoms with van der Waals surface area (Å²) in [7, 11) is 0. The van der Waals surface area contributed by atoms with Crippen molar-refractivity contribution in [3.63, 3.8) is 0 Å². The fourth-order valence-electron chi connectivity index (χ4n) is 1.79. The Balaban J connectivity index is 2.05. The predicted molar refractivity (Wildman–Crippen MR) is 72.2 cm³/mol. The molecule has 0 unspecified atom stereocenters. The van der Waals surface area contributed by atoms with Gasteiger partial charge in [-0.05, 0) is 12.1 Å². The molecule has 1 N–H and O–H groups in total. The topological polar surface area (TPSA) is 41.6 Å². The lowest BCUT2D eigenvalue weighted by molar-refractivity contribution is 0.630. The number of hydrogen-bond donors (Lipinski definition) is 1. The van der Waals surface area contributed by atoms with Gasteiger partial charge < -0.3 is 0 Å². The van der Waals surface area contributed by atoms with Gasteiger partial charge in [-0.2, -0.15) is 5.10 Å². The van der Waals surface area contributed by atoms with E-state index in [1.54, 1.807) is 12.1 Å². The third kappa shape index (κ3) is 2.22. The van der Waals surface area contributed by atoms with Gasteiger partial charge in [-0.1, -0.05) is 48.0 Å². The van der Waals surface area contributed by atoms with Gasteiger partial charge in [0.25, 0.3) is 0 Å². The summed E-state index contributed by atoms with van der Waals surface area (Å²) >= 11 is 5.75. The normalized spacial score (nSPS) is 10.6. The predicted octanol–water partition coefficient (Wildman–Crippen LogP) is 3.93. The molecule has 0 bridgehead atoms. The number of benzene rings is 2. The van der Waals surface area contributed by atoms with E-state index in [1.165, 1.54) is 6.07 Å². The van der Waals surface area contributed by atoms with Gasteiger partial charge in [0.1, 0.15) is 0 Å². The SMILES string of the molecule is Fc1c(Cl)cccc1-c1nc(-c2ccccc2)n[nH]1. The molecule has 0 saturated heterocycles. The summed E-state index contributed by atoms with van der Waals surface area (Å²) in [6, 6.07) is 14.3. The van der Waals surface area contributed by atoms with E-state index in [1.807, 2.05) is 30.3 Å². The highest BCUT2D eigenvalue weighted by molar-refractivity contribution is 6.31. The number of halogens is 2. The number of aromatic amines is 1. The van der Waals surface area contributed by atoms with Gasteiger partial charge in [0.2, 0.25) is 0 Å². The van der Waals surface area contributed by atoms with Crippen LogP contribution in [0.4, 0.5) is 4.39 Å². The lowest BCUT2D eigenvalue weighted by Gasteiger charge is -1.99. The molecule has 1 aromatic heterocycles. The number of hydrogen-bond acceptors (Lipinski definition) is 2. The molecule has 0 atom stereocenters. The van der Waals surface area contributed by atoms with E-state index in [4.69, 9.17) is 11.6 Å². The first-order valence-corrected chi connectivity index (χ1v) is 6.06. The Kier molecular flexibility index (Phi) is 3.01. The Labute approximate surface area is 114 Å². The van der Waals surface area contributed by atoms with Gasteiger partial charge in [-0.25, -0.2) is 9.37 Å². The van der Waals surface area contributed by atoms with Crippen LogP contribution in [-0.2, 0) is 0 Å².